The van der Waals surface area contributed by atoms with Crippen LogP contribution in [0.15, 0.2) is 24.3 Å². The van der Waals surface area contributed by atoms with E-state index in [-0.39, 0.29) is 29.8 Å². The average Bonchev–Trinajstić information content (AvgIpc) is 2.47. The van der Waals surface area contributed by atoms with Crippen LogP contribution in [0.2, 0.25) is 0 Å². The predicted molar refractivity (Wildman–Crippen MR) is 92.1 cm³/mol. The zero-order valence-electron chi connectivity index (χ0n) is 13.6. The van der Waals surface area contributed by atoms with E-state index in [0.29, 0.717) is 24.4 Å². The zero-order valence-corrected chi connectivity index (χ0v) is 14.5. The van der Waals surface area contributed by atoms with Crippen LogP contribution in [0.4, 0.5) is 5.69 Å². The second kappa shape index (κ2) is 8.29. The van der Waals surface area contributed by atoms with E-state index in [1.807, 2.05) is 20.8 Å². The van der Waals surface area contributed by atoms with Gasteiger partial charge in [-0.2, -0.15) is 0 Å². The Kier molecular flexibility index (Phi) is 7.00. The highest BCUT2D eigenvalue weighted by molar-refractivity contribution is 5.97. The number of halogens is 1. The zero-order chi connectivity index (χ0) is 16.2. The minimum absolute atomic E-state index is 0. The van der Waals surface area contributed by atoms with Crippen LogP contribution in [0.5, 0.6) is 0 Å². The van der Waals surface area contributed by atoms with Gasteiger partial charge in [-0.1, -0.05) is 0 Å². The van der Waals surface area contributed by atoms with Crippen molar-refractivity contribution in [3.8, 4) is 0 Å². The standard InChI is InChI=1S/C16H23N3O3.ClH/c1-16(2,3)19-14(20)11-4-6-12(7-5-11)18-15(21)13-10-17-8-9-22-13;/h4-7,13,17H,8-10H2,1-3H3,(H,18,21)(H,19,20);1H. The number of rotatable bonds is 3. The normalized spacial score (nSPS) is 17.8. The Morgan fingerprint density at radius 1 is 1.22 bits per heavy atom. The summed E-state index contributed by atoms with van der Waals surface area (Å²) in [4.78, 5) is 24.0. The van der Waals surface area contributed by atoms with Crippen LogP contribution in [0.3, 0.4) is 0 Å². The summed E-state index contributed by atoms with van der Waals surface area (Å²) >= 11 is 0. The second-order valence-electron chi connectivity index (χ2n) is 6.33. The molecule has 1 aliphatic rings. The number of carbonyl (C=O) groups excluding carboxylic acids is 2. The molecular weight excluding hydrogens is 318 g/mol. The van der Waals surface area contributed by atoms with Gasteiger partial charge in [0.05, 0.1) is 6.61 Å². The molecule has 1 unspecified atom stereocenters. The maximum atomic E-state index is 12.0. The summed E-state index contributed by atoms with van der Waals surface area (Å²) in [7, 11) is 0. The van der Waals surface area contributed by atoms with Gasteiger partial charge in [0, 0.05) is 29.9 Å². The highest BCUT2D eigenvalue weighted by Gasteiger charge is 2.21. The predicted octanol–water partition coefficient (Wildman–Crippen LogP) is 1.56. The fourth-order valence-corrected chi connectivity index (χ4v) is 2.07. The Morgan fingerprint density at radius 2 is 1.87 bits per heavy atom. The average molecular weight is 342 g/mol. The molecule has 0 radical (unpaired) electrons. The molecule has 1 aliphatic heterocycles. The van der Waals surface area contributed by atoms with Crippen LogP contribution in [-0.4, -0.2) is 43.2 Å². The Balaban J connectivity index is 0.00000264. The van der Waals surface area contributed by atoms with Crippen LogP contribution in [-0.2, 0) is 9.53 Å². The van der Waals surface area contributed by atoms with Gasteiger partial charge in [-0.25, -0.2) is 0 Å². The highest BCUT2D eigenvalue weighted by Crippen LogP contribution is 2.12. The maximum Gasteiger partial charge on any atom is 0.254 e. The van der Waals surface area contributed by atoms with Crippen LogP contribution in [0, 0.1) is 0 Å². The molecule has 0 aliphatic carbocycles. The number of morpholine rings is 1. The quantitative estimate of drug-likeness (QED) is 0.779. The second-order valence-corrected chi connectivity index (χ2v) is 6.33. The van der Waals surface area contributed by atoms with Crippen molar-refractivity contribution < 1.29 is 14.3 Å². The lowest BCUT2D eigenvalue weighted by atomic mass is 10.1. The van der Waals surface area contributed by atoms with E-state index in [1.54, 1.807) is 24.3 Å². The van der Waals surface area contributed by atoms with Gasteiger partial charge in [-0.05, 0) is 45.0 Å². The lowest BCUT2D eigenvalue weighted by molar-refractivity contribution is -0.128. The molecule has 0 bridgehead atoms. The van der Waals surface area contributed by atoms with Crippen molar-refractivity contribution >= 4 is 29.9 Å². The van der Waals surface area contributed by atoms with Crippen molar-refractivity contribution in [3.05, 3.63) is 29.8 Å². The third kappa shape index (κ3) is 6.17. The molecule has 0 saturated carbocycles. The summed E-state index contributed by atoms with van der Waals surface area (Å²) in [5.74, 6) is -0.315. The molecule has 7 heteroatoms. The monoisotopic (exact) mass is 341 g/mol. The Hall–Kier alpha value is -1.63. The van der Waals surface area contributed by atoms with Crippen LogP contribution in [0.1, 0.15) is 31.1 Å². The molecule has 6 nitrogen and oxygen atoms in total. The van der Waals surface area contributed by atoms with Gasteiger partial charge in [0.1, 0.15) is 6.10 Å². The Labute approximate surface area is 142 Å². The molecule has 2 amide bonds. The minimum Gasteiger partial charge on any atom is -0.366 e. The molecule has 3 N–H and O–H groups in total. The maximum absolute atomic E-state index is 12.0. The number of hydrogen-bond donors (Lipinski definition) is 3. The largest absolute Gasteiger partial charge is 0.366 e. The van der Waals surface area contributed by atoms with Crippen molar-refractivity contribution in [3.63, 3.8) is 0 Å². The Bertz CT molecular complexity index is 534. The lowest BCUT2D eigenvalue weighted by Crippen LogP contribution is -2.45. The van der Waals surface area contributed by atoms with Crippen LogP contribution < -0.4 is 16.0 Å². The first-order valence-corrected chi connectivity index (χ1v) is 7.41. The number of anilines is 1. The fraction of sp³-hybridized carbons (Fsp3) is 0.500. The first-order chi connectivity index (χ1) is 10.3. The van der Waals surface area contributed by atoms with Gasteiger partial charge < -0.3 is 20.7 Å². The molecule has 23 heavy (non-hydrogen) atoms. The van der Waals surface area contributed by atoms with E-state index in [2.05, 4.69) is 16.0 Å². The molecule has 1 atom stereocenters. The van der Waals surface area contributed by atoms with Gasteiger partial charge in [0.15, 0.2) is 0 Å². The van der Waals surface area contributed by atoms with E-state index in [0.717, 1.165) is 6.54 Å². The van der Waals surface area contributed by atoms with Crippen molar-refractivity contribution in [1.82, 2.24) is 10.6 Å². The van der Waals surface area contributed by atoms with Crippen molar-refractivity contribution in [2.24, 2.45) is 0 Å². The van der Waals surface area contributed by atoms with Gasteiger partial charge >= 0.3 is 0 Å². The molecule has 2 rings (SSSR count). The van der Waals surface area contributed by atoms with Crippen LogP contribution in [0.25, 0.3) is 0 Å². The molecule has 1 saturated heterocycles. The number of ether oxygens (including phenoxy) is 1. The summed E-state index contributed by atoms with van der Waals surface area (Å²) in [6.45, 7) is 7.59. The summed E-state index contributed by atoms with van der Waals surface area (Å²) in [5, 5.41) is 8.79. The smallest absolute Gasteiger partial charge is 0.254 e. The van der Waals surface area contributed by atoms with Crippen molar-refractivity contribution in [1.29, 1.82) is 0 Å². The van der Waals surface area contributed by atoms with Crippen molar-refractivity contribution in [2.45, 2.75) is 32.4 Å². The SMILES string of the molecule is CC(C)(C)NC(=O)c1ccc(NC(=O)C2CNCCO2)cc1.Cl. The summed E-state index contributed by atoms with van der Waals surface area (Å²) in [6, 6.07) is 6.81. The van der Waals surface area contributed by atoms with E-state index < -0.39 is 6.10 Å². The van der Waals surface area contributed by atoms with Gasteiger partial charge in [0.2, 0.25) is 0 Å². The van der Waals surface area contributed by atoms with E-state index >= 15 is 0 Å². The van der Waals surface area contributed by atoms with E-state index in [9.17, 15) is 9.59 Å². The van der Waals surface area contributed by atoms with Gasteiger partial charge in [0.25, 0.3) is 11.8 Å². The first kappa shape index (κ1) is 19.4. The number of nitrogens with one attached hydrogen (secondary N) is 3. The van der Waals surface area contributed by atoms with Crippen LogP contribution >= 0.6 is 12.4 Å². The lowest BCUT2D eigenvalue weighted by Gasteiger charge is -2.23. The first-order valence-electron chi connectivity index (χ1n) is 7.41. The topological polar surface area (TPSA) is 79.5 Å². The summed E-state index contributed by atoms with van der Waals surface area (Å²) in [5.41, 5.74) is 0.921. The third-order valence-electron chi connectivity index (χ3n) is 3.12. The van der Waals surface area contributed by atoms with Gasteiger partial charge in [-0.3, -0.25) is 9.59 Å². The number of carbonyl (C=O) groups is 2. The molecule has 128 valence electrons. The molecule has 0 aromatic heterocycles. The van der Waals surface area contributed by atoms with E-state index in [1.165, 1.54) is 0 Å². The molecule has 1 aromatic rings. The third-order valence-corrected chi connectivity index (χ3v) is 3.12. The summed E-state index contributed by atoms with van der Waals surface area (Å²) in [6.07, 6.45) is -0.474. The molecule has 1 fully saturated rings. The Morgan fingerprint density at radius 3 is 2.39 bits per heavy atom. The van der Waals surface area contributed by atoms with Crippen molar-refractivity contribution in [2.75, 3.05) is 25.0 Å². The van der Waals surface area contributed by atoms with E-state index in [4.69, 9.17) is 4.74 Å². The molecule has 1 aromatic carbocycles. The number of benzene rings is 1. The summed E-state index contributed by atoms with van der Waals surface area (Å²) < 4.78 is 5.39. The molecule has 0 spiro atoms. The number of hydrogen-bond acceptors (Lipinski definition) is 4. The minimum atomic E-state index is -0.474. The van der Waals surface area contributed by atoms with Gasteiger partial charge in [-0.15, -0.1) is 12.4 Å². The highest BCUT2D eigenvalue weighted by atomic mass is 35.5. The molecule has 1 heterocycles. The fourth-order valence-electron chi connectivity index (χ4n) is 2.07. The number of amides is 2. The molecular formula is C16H24ClN3O3.